The van der Waals surface area contributed by atoms with Gasteiger partial charge >= 0.3 is 0 Å². The Hall–Kier alpha value is -0.830. The average molecular weight is 140 g/mol. The number of hydrogen-bond acceptors (Lipinski definition) is 2. The molecule has 1 saturated heterocycles. The Morgan fingerprint density at radius 1 is 1.80 bits per heavy atom. The maximum Gasteiger partial charge on any atom is 0.243 e. The van der Waals surface area contributed by atoms with Crippen LogP contribution in [0.2, 0.25) is 0 Å². The van der Waals surface area contributed by atoms with Gasteiger partial charge in [0.2, 0.25) is 5.91 Å². The lowest BCUT2D eigenvalue weighted by atomic mass is 10.1. The summed E-state index contributed by atoms with van der Waals surface area (Å²) in [5, 5.41) is 2.80. The molecule has 3 heteroatoms. The number of amides is 1. The summed E-state index contributed by atoms with van der Waals surface area (Å²) in [5.74, 6) is -0.0712. The van der Waals surface area contributed by atoms with E-state index in [4.69, 9.17) is 0 Å². The van der Waals surface area contributed by atoms with Crippen molar-refractivity contribution in [3.05, 3.63) is 12.7 Å². The van der Waals surface area contributed by atoms with E-state index in [1.807, 2.05) is 7.05 Å². The molecule has 0 aromatic heterocycles. The molecule has 0 aromatic rings. The molecule has 1 heterocycles. The van der Waals surface area contributed by atoms with Crippen LogP contribution in [0.15, 0.2) is 12.7 Å². The zero-order valence-electron chi connectivity index (χ0n) is 6.13. The molecule has 1 rings (SSSR count). The minimum atomic E-state index is -0.0712. The third-order valence-corrected chi connectivity index (χ3v) is 1.60. The summed E-state index contributed by atoms with van der Waals surface area (Å²) in [6.07, 6.45) is 1.30. The molecule has 1 aliphatic rings. The maximum atomic E-state index is 10.7. The van der Waals surface area contributed by atoms with Gasteiger partial charge in [0.05, 0.1) is 6.04 Å². The number of likely N-dealkylation sites (tertiary alicyclic amines) is 1. The Morgan fingerprint density at radius 2 is 2.40 bits per heavy atom. The third kappa shape index (κ3) is 1.57. The summed E-state index contributed by atoms with van der Waals surface area (Å²) in [6.45, 7) is 5.28. The molecule has 0 spiro atoms. The molecule has 10 heavy (non-hydrogen) atoms. The number of rotatable bonds is 2. The van der Waals surface area contributed by atoms with Gasteiger partial charge in [-0.15, -0.1) is 0 Å². The van der Waals surface area contributed by atoms with E-state index in [9.17, 15) is 4.79 Å². The van der Waals surface area contributed by atoms with E-state index in [0.29, 0.717) is 6.04 Å². The van der Waals surface area contributed by atoms with Gasteiger partial charge in [-0.3, -0.25) is 4.79 Å². The fourth-order valence-electron chi connectivity index (χ4n) is 1.05. The third-order valence-electron chi connectivity index (χ3n) is 1.60. The highest BCUT2D eigenvalue weighted by Gasteiger charge is 2.23. The van der Waals surface area contributed by atoms with Crippen LogP contribution in [0.5, 0.6) is 0 Å². The van der Waals surface area contributed by atoms with Crippen LogP contribution in [0.1, 0.15) is 0 Å². The number of carbonyl (C=O) groups excluding carboxylic acids is 1. The van der Waals surface area contributed by atoms with E-state index in [1.54, 1.807) is 0 Å². The van der Waals surface area contributed by atoms with Crippen LogP contribution < -0.4 is 5.32 Å². The quantitative estimate of drug-likeness (QED) is 0.529. The van der Waals surface area contributed by atoms with Crippen LogP contribution >= 0.6 is 0 Å². The van der Waals surface area contributed by atoms with Gasteiger partial charge in [0.15, 0.2) is 0 Å². The number of carbonyl (C=O) groups is 1. The van der Waals surface area contributed by atoms with Crippen molar-refractivity contribution in [2.75, 3.05) is 20.1 Å². The number of nitrogens with zero attached hydrogens (tertiary/aromatic N) is 1. The standard InChI is InChI=1S/C7H12N2O/c1-3-7(10)8-6-4-9(2)5-6/h3,6H,1,4-5H2,2H3,(H,8,10). The smallest absolute Gasteiger partial charge is 0.243 e. The van der Waals surface area contributed by atoms with Gasteiger partial charge in [-0.2, -0.15) is 0 Å². The van der Waals surface area contributed by atoms with Gasteiger partial charge in [0.1, 0.15) is 0 Å². The van der Waals surface area contributed by atoms with Gasteiger partial charge in [-0.1, -0.05) is 6.58 Å². The zero-order valence-corrected chi connectivity index (χ0v) is 6.13. The first-order chi connectivity index (χ1) is 4.72. The molecule has 0 saturated carbocycles. The topological polar surface area (TPSA) is 32.3 Å². The van der Waals surface area contributed by atoms with Crippen molar-refractivity contribution < 1.29 is 4.79 Å². The summed E-state index contributed by atoms with van der Waals surface area (Å²) < 4.78 is 0. The summed E-state index contributed by atoms with van der Waals surface area (Å²) in [7, 11) is 2.02. The summed E-state index contributed by atoms with van der Waals surface area (Å²) in [6, 6.07) is 0.343. The van der Waals surface area contributed by atoms with Gasteiger partial charge in [-0.05, 0) is 13.1 Å². The van der Waals surface area contributed by atoms with Crippen molar-refractivity contribution in [3.8, 4) is 0 Å². The average Bonchev–Trinajstić information content (AvgIpc) is 1.84. The maximum absolute atomic E-state index is 10.7. The van der Waals surface area contributed by atoms with Gasteiger partial charge in [0, 0.05) is 13.1 Å². The molecule has 0 bridgehead atoms. The van der Waals surface area contributed by atoms with Crippen LogP contribution in [-0.4, -0.2) is 37.0 Å². The van der Waals surface area contributed by atoms with Crippen molar-refractivity contribution in [1.29, 1.82) is 0 Å². The summed E-state index contributed by atoms with van der Waals surface area (Å²) >= 11 is 0. The fraction of sp³-hybridized carbons (Fsp3) is 0.571. The Balaban J connectivity index is 2.16. The summed E-state index contributed by atoms with van der Waals surface area (Å²) in [5.41, 5.74) is 0. The van der Waals surface area contributed by atoms with E-state index in [0.717, 1.165) is 13.1 Å². The van der Waals surface area contributed by atoms with E-state index in [2.05, 4.69) is 16.8 Å². The molecule has 56 valence electrons. The lowest BCUT2D eigenvalue weighted by molar-refractivity contribution is -0.118. The van der Waals surface area contributed by atoms with Gasteiger partial charge in [0.25, 0.3) is 0 Å². The van der Waals surface area contributed by atoms with E-state index < -0.39 is 0 Å². The lowest BCUT2D eigenvalue weighted by Gasteiger charge is -2.36. The minimum absolute atomic E-state index is 0.0712. The monoisotopic (exact) mass is 140 g/mol. The normalized spacial score (nSPS) is 19.7. The second-order valence-electron chi connectivity index (χ2n) is 2.63. The predicted molar refractivity (Wildman–Crippen MR) is 39.6 cm³/mol. The van der Waals surface area contributed by atoms with Crippen LogP contribution in [-0.2, 0) is 4.79 Å². The van der Waals surface area contributed by atoms with E-state index in [1.165, 1.54) is 6.08 Å². The Morgan fingerprint density at radius 3 is 2.80 bits per heavy atom. The molecule has 1 N–H and O–H groups in total. The molecule has 0 aliphatic carbocycles. The predicted octanol–water partition coefficient (Wildman–Crippen LogP) is -0.397. The van der Waals surface area contributed by atoms with E-state index >= 15 is 0 Å². The highest BCUT2D eigenvalue weighted by molar-refractivity contribution is 5.87. The Bertz CT molecular complexity index is 150. The molecule has 1 aliphatic heterocycles. The first-order valence-electron chi connectivity index (χ1n) is 3.34. The molecule has 0 atom stereocenters. The Labute approximate surface area is 60.7 Å². The largest absolute Gasteiger partial charge is 0.347 e. The molecule has 1 amide bonds. The molecular formula is C7H12N2O. The van der Waals surface area contributed by atoms with Crippen LogP contribution in [0.3, 0.4) is 0 Å². The van der Waals surface area contributed by atoms with Crippen molar-refractivity contribution in [2.24, 2.45) is 0 Å². The zero-order chi connectivity index (χ0) is 7.56. The second kappa shape index (κ2) is 2.84. The van der Waals surface area contributed by atoms with Crippen molar-refractivity contribution in [2.45, 2.75) is 6.04 Å². The van der Waals surface area contributed by atoms with Crippen molar-refractivity contribution in [1.82, 2.24) is 10.2 Å². The van der Waals surface area contributed by atoms with E-state index in [-0.39, 0.29) is 5.91 Å². The van der Waals surface area contributed by atoms with Crippen molar-refractivity contribution >= 4 is 5.91 Å². The number of nitrogens with one attached hydrogen (secondary N) is 1. The highest BCUT2D eigenvalue weighted by atomic mass is 16.1. The lowest BCUT2D eigenvalue weighted by Crippen LogP contribution is -2.57. The summed E-state index contributed by atoms with van der Waals surface area (Å²) in [4.78, 5) is 12.8. The molecular weight excluding hydrogens is 128 g/mol. The van der Waals surface area contributed by atoms with Gasteiger partial charge < -0.3 is 10.2 Å². The number of likely N-dealkylation sites (N-methyl/N-ethyl adjacent to an activating group) is 1. The van der Waals surface area contributed by atoms with Crippen molar-refractivity contribution in [3.63, 3.8) is 0 Å². The molecule has 1 fully saturated rings. The fourth-order valence-corrected chi connectivity index (χ4v) is 1.05. The molecule has 0 unspecified atom stereocenters. The van der Waals surface area contributed by atoms with Crippen LogP contribution in [0.25, 0.3) is 0 Å². The second-order valence-corrected chi connectivity index (χ2v) is 2.63. The Kier molecular flexibility index (Phi) is 2.06. The highest BCUT2D eigenvalue weighted by Crippen LogP contribution is 2.02. The van der Waals surface area contributed by atoms with Gasteiger partial charge in [-0.25, -0.2) is 0 Å². The molecule has 3 nitrogen and oxygen atoms in total. The van der Waals surface area contributed by atoms with Crippen LogP contribution in [0, 0.1) is 0 Å². The first-order valence-corrected chi connectivity index (χ1v) is 3.34. The molecule has 0 radical (unpaired) electrons. The number of hydrogen-bond donors (Lipinski definition) is 1. The van der Waals surface area contributed by atoms with Crippen LogP contribution in [0.4, 0.5) is 0 Å². The minimum Gasteiger partial charge on any atom is -0.347 e. The molecule has 0 aromatic carbocycles. The first kappa shape index (κ1) is 7.28. The SMILES string of the molecule is C=CC(=O)NC1CN(C)C1.